The van der Waals surface area contributed by atoms with Crippen LogP contribution in [0.5, 0.6) is 0 Å². The lowest BCUT2D eigenvalue weighted by molar-refractivity contribution is 0.357. The Balaban J connectivity index is 4.16. The van der Waals surface area contributed by atoms with Gasteiger partial charge < -0.3 is 4.52 Å². The van der Waals surface area contributed by atoms with Crippen LogP contribution in [-0.2, 0) is 9.09 Å². The summed E-state index contributed by atoms with van der Waals surface area (Å²) in [5.74, 6) is 0. The average molecular weight is 186 g/mol. The first kappa shape index (κ1) is 11.4. The van der Waals surface area contributed by atoms with E-state index in [-0.39, 0.29) is 0 Å². The molecule has 0 heterocycles. The third-order valence-electron chi connectivity index (χ3n) is 1.24. The first-order valence-electron chi connectivity index (χ1n) is 3.74. The Morgan fingerprint density at radius 1 is 1.08 bits per heavy atom. The molecule has 68 valence electrons. The van der Waals surface area contributed by atoms with Gasteiger partial charge in [0.2, 0.25) is 7.37 Å². The van der Waals surface area contributed by atoms with Gasteiger partial charge in [0.15, 0.2) is 0 Å². The maximum atomic E-state index is 11.8. The molecule has 0 saturated heterocycles. The topological polar surface area (TPSA) is 26.3 Å². The Bertz CT molecular complexity index is 195. The van der Waals surface area contributed by atoms with E-state index in [9.17, 15) is 4.57 Å². The quantitative estimate of drug-likeness (QED) is 0.451. The maximum absolute atomic E-state index is 11.8. The third kappa shape index (κ3) is 4.32. The lowest BCUT2D eigenvalue weighted by atomic mass is 10.7. The number of hydrogen-bond donors (Lipinski definition) is 0. The summed E-state index contributed by atoms with van der Waals surface area (Å²) < 4.78 is 16.9. The molecule has 0 fully saturated rings. The van der Waals surface area contributed by atoms with Gasteiger partial charge in [0, 0.05) is 12.3 Å². The molecule has 0 unspecified atom stereocenters. The van der Waals surface area contributed by atoms with Gasteiger partial charge in [0.1, 0.15) is 0 Å². The molecular formula is C9H15O2P. The van der Waals surface area contributed by atoms with Gasteiger partial charge in [-0.3, -0.25) is 4.57 Å². The van der Waals surface area contributed by atoms with Gasteiger partial charge in [0.25, 0.3) is 0 Å². The second-order valence-corrected chi connectivity index (χ2v) is 4.96. The zero-order chi connectivity index (χ0) is 9.45. The predicted octanol–water partition coefficient (Wildman–Crippen LogP) is 2.84. The molecule has 3 heteroatoms. The summed E-state index contributed by atoms with van der Waals surface area (Å²) in [6.07, 6.45) is 5.58. The maximum Gasteiger partial charge on any atom is 0.210 e. The van der Waals surface area contributed by atoms with Crippen molar-refractivity contribution in [2.75, 3.05) is 18.9 Å². The molecule has 0 atom stereocenters. The Labute approximate surface area is 74.1 Å². The van der Waals surface area contributed by atoms with E-state index in [1.165, 1.54) is 0 Å². The van der Waals surface area contributed by atoms with Crippen molar-refractivity contribution < 1.29 is 9.09 Å². The minimum Gasteiger partial charge on any atom is -0.324 e. The molecule has 0 aromatic rings. The van der Waals surface area contributed by atoms with E-state index < -0.39 is 7.37 Å². The van der Waals surface area contributed by atoms with Crippen molar-refractivity contribution in [1.82, 2.24) is 0 Å². The molecule has 0 amide bonds. The Hall–Kier alpha value is -0.590. The van der Waals surface area contributed by atoms with Crippen molar-refractivity contribution in [2.45, 2.75) is 0 Å². The standard InChI is InChI=1S/C9H15O2P/c1-4-7-11-12(10,8-5-2)9-6-3/h4-6H,1-3,7-9H2. The molecule has 0 aromatic heterocycles. The Morgan fingerprint density at radius 3 is 1.92 bits per heavy atom. The highest BCUT2D eigenvalue weighted by atomic mass is 31.2. The molecule has 0 saturated carbocycles. The average Bonchev–Trinajstić information content (AvgIpc) is 2.02. The number of allylic oxidation sites excluding steroid dienone is 2. The summed E-state index contributed by atoms with van der Waals surface area (Å²) >= 11 is 0. The summed E-state index contributed by atoms with van der Waals surface area (Å²) in [5.41, 5.74) is 0. The molecular weight excluding hydrogens is 171 g/mol. The summed E-state index contributed by atoms with van der Waals surface area (Å²) in [6, 6.07) is 0. The lowest BCUT2D eigenvalue weighted by Crippen LogP contribution is -1.96. The van der Waals surface area contributed by atoms with Gasteiger partial charge in [-0.2, -0.15) is 0 Å². The second kappa shape index (κ2) is 5.99. The van der Waals surface area contributed by atoms with Crippen molar-refractivity contribution in [3.8, 4) is 0 Å². The van der Waals surface area contributed by atoms with Crippen molar-refractivity contribution in [1.29, 1.82) is 0 Å². The molecule has 0 spiro atoms. The highest BCUT2D eigenvalue weighted by Gasteiger charge is 2.18. The van der Waals surface area contributed by atoms with Crippen molar-refractivity contribution in [3.63, 3.8) is 0 Å². The van der Waals surface area contributed by atoms with Crippen LogP contribution in [0, 0.1) is 0 Å². The van der Waals surface area contributed by atoms with Crippen LogP contribution in [0.25, 0.3) is 0 Å². The largest absolute Gasteiger partial charge is 0.324 e. The van der Waals surface area contributed by atoms with Gasteiger partial charge in [0.05, 0.1) is 6.61 Å². The first-order valence-corrected chi connectivity index (χ1v) is 5.73. The second-order valence-electron chi connectivity index (χ2n) is 2.34. The third-order valence-corrected chi connectivity index (χ3v) is 3.49. The Kier molecular flexibility index (Phi) is 5.69. The first-order chi connectivity index (χ1) is 5.68. The minimum absolute atomic E-state index is 0.318. The van der Waals surface area contributed by atoms with E-state index >= 15 is 0 Å². The normalized spacial score (nSPS) is 10.7. The molecule has 0 aromatic carbocycles. The van der Waals surface area contributed by atoms with E-state index in [0.717, 1.165) is 0 Å². The van der Waals surface area contributed by atoms with Crippen molar-refractivity contribution in [3.05, 3.63) is 38.0 Å². The van der Waals surface area contributed by atoms with E-state index in [1.807, 2.05) is 0 Å². The fourth-order valence-corrected chi connectivity index (χ4v) is 2.29. The van der Waals surface area contributed by atoms with Crippen LogP contribution in [0.15, 0.2) is 38.0 Å². The molecule has 0 bridgehead atoms. The van der Waals surface area contributed by atoms with Gasteiger partial charge in [-0.15, -0.1) is 19.7 Å². The van der Waals surface area contributed by atoms with Gasteiger partial charge in [-0.25, -0.2) is 0 Å². The van der Waals surface area contributed by atoms with E-state index in [4.69, 9.17) is 4.52 Å². The van der Waals surface area contributed by atoms with Crippen LogP contribution >= 0.6 is 7.37 Å². The predicted molar refractivity (Wildman–Crippen MR) is 53.9 cm³/mol. The van der Waals surface area contributed by atoms with Gasteiger partial charge >= 0.3 is 0 Å². The zero-order valence-corrected chi connectivity index (χ0v) is 8.13. The van der Waals surface area contributed by atoms with Gasteiger partial charge in [-0.05, 0) is 0 Å². The smallest absolute Gasteiger partial charge is 0.210 e. The van der Waals surface area contributed by atoms with E-state index in [0.29, 0.717) is 18.9 Å². The molecule has 0 radical (unpaired) electrons. The molecule has 0 rings (SSSR count). The molecule has 12 heavy (non-hydrogen) atoms. The summed E-state index contributed by atoms with van der Waals surface area (Å²) in [4.78, 5) is 0. The lowest BCUT2D eigenvalue weighted by Gasteiger charge is -2.13. The van der Waals surface area contributed by atoms with Crippen LogP contribution in [-0.4, -0.2) is 18.9 Å². The molecule has 2 nitrogen and oxygen atoms in total. The van der Waals surface area contributed by atoms with E-state index in [2.05, 4.69) is 19.7 Å². The van der Waals surface area contributed by atoms with Crippen LogP contribution in [0.1, 0.15) is 0 Å². The molecule has 0 N–H and O–H groups in total. The molecule has 0 aliphatic carbocycles. The van der Waals surface area contributed by atoms with Crippen LogP contribution < -0.4 is 0 Å². The highest BCUT2D eigenvalue weighted by Crippen LogP contribution is 2.46. The van der Waals surface area contributed by atoms with Crippen molar-refractivity contribution >= 4 is 7.37 Å². The van der Waals surface area contributed by atoms with Crippen molar-refractivity contribution in [2.24, 2.45) is 0 Å². The van der Waals surface area contributed by atoms with Crippen LogP contribution in [0.2, 0.25) is 0 Å². The van der Waals surface area contributed by atoms with Gasteiger partial charge in [-0.1, -0.05) is 18.2 Å². The highest BCUT2D eigenvalue weighted by molar-refractivity contribution is 7.59. The minimum atomic E-state index is -2.54. The monoisotopic (exact) mass is 186 g/mol. The SMILES string of the molecule is C=CCOP(=O)(CC=C)CC=C. The summed E-state index contributed by atoms with van der Waals surface area (Å²) in [5, 5.41) is 0. The summed E-state index contributed by atoms with van der Waals surface area (Å²) in [6.45, 7) is 10.9. The number of hydrogen-bond acceptors (Lipinski definition) is 2. The number of rotatable bonds is 7. The molecule has 0 aliphatic heterocycles. The van der Waals surface area contributed by atoms with Crippen LogP contribution in [0.3, 0.4) is 0 Å². The Morgan fingerprint density at radius 2 is 1.58 bits per heavy atom. The fraction of sp³-hybridized carbons (Fsp3) is 0.333. The fourth-order valence-electron chi connectivity index (χ4n) is 0.762. The molecule has 0 aliphatic rings. The van der Waals surface area contributed by atoms with E-state index in [1.54, 1.807) is 18.2 Å². The zero-order valence-electron chi connectivity index (χ0n) is 7.24. The summed E-state index contributed by atoms with van der Waals surface area (Å²) in [7, 11) is -2.54. The van der Waals surface area contributed by atoms with Crippen LogP contribution in [0.4, 0.5) is 0 Å².